The van der Waals surface area contributed by atoms with Gasteiger partial charge in [0, 0.05) is 11.0 Å². The molecule has 1 spiro atoms. The highest BCUT2D eigenvalue weighted by Crippen LogP contribution is 2.72. The van der Waals surface area contributed by atoms with E-state index in [1.165, 1.54) is 0 Å². The third-order valence-electron chi connectivity index (χ3n) is 5.84. The van der Waals surface area contributed by atoms with Crippen LogP contribution in [0.2, 0.25) is 0 Å². The van der Waals surface area contributed by atoms with Gasteiger partial charge in [-0.2, -0.15) is 0 Å². The first kappa shape index (κ1) is 12.5. The minimum atomic E-state index is -0.383. The second-order valence-electron chi connectivity index (χ2n) is 7.26. The fourth-order valence-corrected chi connectivity index (χ4v) is 4.85. The van der Waals surface area contributed by atoms with Gasteiger partial charge in [-0.1, -0.05) is 27.2 Å². The maximum absolute atomic E-state index is 12.2. The fraction of sp³-hybridized carbons (Fsp3) is 0.688. The number of carbonyl (C=O) groups is 1. The van der Waals surface area contributed by atoms with Crippen molar-refractivity contribution < 1.29 is 18.7 Å². The van der Waals surface area contributed by atoms with E-state index in [1.54, 1.807) is 12.5 Å². The lowest BCUT2D eigenvalue weighted by molar-refractivity contribution is -0.179. The minimum absolute atomic E-state index is 0.00784. The standard InChI is InChI=1S/C16H20O4/c1-14(2)6-4-7-15(3)11(10-5-8-18-9-10)19-13(17)12-16(14,15)20-12/h5,8-9,11-12H,4,6-7H2,1-3H3/t11-,12+,15-,16-/m0/s1. The summed E-state index contributed by atoms with van der Waals surface area (Å²) < 4.78 is 16.9. The molecule has 4 nitrogen and oxygen atoms in total. The summed E-state index contributed by atoms with van der Waals surface area (Å²) in [6.45, 7) is 6.64. The van der Waals surface area contributed by atoms with Crippen LogP contribution in [0.3, 0.4) is 0 Å². The average Bonchev–Trinajstić information content (AvgIpc) is 2.96. The Balaban J connectivity index is 1.86. The lowest BCUT2D eigenvalue weighted by Crippen LogP contribution is -2.59. The largest absolute Gasteiger partial charge is 0.472 e. The summed E-state index contributed by atoms with van der Waals surface area (Å²) in [7, 11) is 0. The zero-order valence-corrected chi connectivity index (χ0v) is 12.1. The molecule has 4 heteroatoms. The third-order valence-corrected chi connectivity index (χ3v) is 5.84. The number of rotatable bonds is 1. The first-order valence-electron chi connectivity index (χ1n) is 7.33. The number of ether oxygens (including phenoxy) is 2. The molecule has 3 aliphatic rings. The Morgan fingerprint density at radius 1 is 1.20 bits per heavy atom. The van der Waals surface area contributed by atoms with Gasteiger partial charge in [-0.15, -0.1) is 0 Å². The molecule has 1 saturated carbocycles. The SMILES string of the molecule is CC1(C)CCC[C@@]2(C)[C@H](c3ccoc3)OC(=O)[C@H]3O[C@@]312. The van der Waals surface area contributed by atoms with E-state index < -0.39 is 0 Å². The Kier molecular flexibility index (Phi) is 2.16. The van der Waals surface area contributed by atoms with Crippen molar-refractivity contribution in [1.82, 2.24) is 0 Å². The van der Waals surface area contributed by atoms with Gasteiger partial charge in [0.05, 0.1) is 12.5 Å². The number of hydrogen-bond acceptors (Lipinski definition) is 4. The highest BCUT2D eigenvalue weighted by molar-refractivity contribution is 5.82. The van der Waals surface area contributed by atoms with Crippen molar-refractivity contribution in [2.45, 2.75) is 57.8 Å². The van der Waals surface area contributed by atoms with Crippen LogP contribution in [0.25, 0.3) is 0 Å². The Morgan fingerprint density at radius 2 is 2.00 bits per heavy atom. The molecule has 0 unspecified atom stereocenters. The molecule has 0 N–H and O–H groups in total. The van der Waals surface area contributed by atoms with Gasteiger partial charge >= 0.3 is 5.97 Å². The van der Waals surface area contributed by atoms with Crippen LogP contribution < -0.4 is 0 Å². The predicted molar refractivity (Wildman–Crippen MR) is 70.9 cm³/mol. The van der Waals surface area contributed by atoms with Crippen LogP contribution in [-0.2, 0) is 14.3 Å². The van der Waals surface area contributed by atoms with Crippen molar-refractivity contribution in [2.24, 2.45) is 10.8 Å². The van der Waals surface area contributed by atoms with Crippen LogP contribution in [0, 0.1) is 10.8 Å². The molecule has 0 radical (unpaired) electrons. The second kappa shape index (κ2) is 3.48. The molecule has 0 bridgehead atoms. The molecule has 2 aliphatic heterocycles. The first-order valence-corrected chi connectivity index (χ1v) is 7.33. The summed E-state index contributed by atoms with van der Waals surface area (Å²) in [4.78, 5) is 12.2. The fourth-order valence-electron chi connectivity index (χ4n) is 4.85. The number of epoxide rings is 1. The first-order chi connectivity index (χ1) is 9.42. The van der Waals surface area contributed by atoms with Crippen LogP contribution in [0.5, 0.6) is 0 Å². The van der Waals surface area contributed by atoms with Crippen LogP contribution in [0.1, 0.15) is 51.7 Å². The van der Waals surface area contributed by atoms with Crippen molar-refractivity contribution in [1.29, 1.82) is 0 Å². The number of furan rings is 1. The molecule has 1 aliphatic carbocycles. The molecule has 3 fully saturated rings. The van der Waals surface area contributed by atoms with E-state index in [-0.39, 0.29) is 34.6 Å². The molecular weight excluding hydrogens is 256 g/mol. The zero-order chi connectivity index (χ0) is 14.2. The minimum Gasteiger partial charge on any atom is -0.472 e. The van der Waals surface area contributed by atoms with Crippen molar-refractivity contribution in [2.75, 3.05) is 0 Å². The van der Waals surface area contributed by atoms with E-state index in [0.717, 1.165) is 24.8 Å². The van der Waals surface area contributed by atoms with E-state index in [2.05, 4.69) is 20.8 Å². The van der Waals surface area contributed by atoms with Gasteiger partial charge in [-0.3, -0.25) is 0 Å². The van der Waals surface area contributed by atoms with Gasteiger partial charge in [-0.05, 0) is 24.3 Å². The van der Waals surface area contributed by atoms with Crippen LogP contribution in [0.4, 0.5) is 0 Å². The number of esters is 1. The lowest BCUT2D eigenvalue weighted by Gasteiger charge is -2.53. The normalized spacial score (nSPS) is 45.2. The average molecular weight is 276 g/mol. The Hall–Kier alpha value is -1.29. The van der Waals surface area contributed by atoms with Gasteiger partial charge in [0.25, 0.3) is 0 Å². The van der Waals surface area contributed by atoms with E-state index in [9.17, 15) is 4.79 Å². The number of hydrogen-bond donors (Lipinski definition) is 0. The summed E-state index contributed by atoms with van der Waals surface area (Å²) in [5.74, 6) is -0.219. The zero-order valence-electron chi connectivity index (χ0n) is 12.1. The van der Waals surface area contributed by atoms with E-state index in [4.69, 9.17) is 13.9 Å². The maximum atomic E-state index is 12.2. The van der Waals surface area contributed by atoms with Crippen molar-refractivity contribution >= 4 is 5.97 Å². The number of carbonyl (C=O) groups excluding carboxylic acids is 1. The Bertz CT molecular complexity index is 561. The molecule has 2 saturated heterocycles. The molecule has 1 aromatic rings. The Morgan fingerprint density at radius 3 is 2.70 bits per heavy atom. The molecule has 3 heterocycles. The summed E-state index contributed by atoms with van der Waals surface area (Å²) in [6, 6.07) is 1.89. The molecule has 108 valence electrons. The van der Waals surface area contributed by atoms with Gasteiger partial charge in [0.2, 0.25) is 0 Å². The van der Waals surface area contributed by atoms with E-state index in [0.29, 0.717) is 0 Å². The molecular formula is C16H20O4. The summed E-state index contributed by atoms with van der Waals surface area (Å²) in [5, 5.41) is 0. The van der Waals surface area contributed by atoms with Crippen molar-refractivity contribution in [3.8, 4) is 0 Å². The van der Waals surface area contributed by atoms with E-state index >= 15 is 0 Å². The van der Waals surface area contributed by atoms with Crippen molar-refractivity contribution in [3.05, 3.63) is 24.2 Å². The van der Waals surface area contributed by atoms with Crippen LogP contribution in [-0.4, -0.2) is 17.7 Å². The van der Waals surface area contributed by atoms with Gasteiger partial charge in [-0.25, -0.2) is 4.79 Å². The third kappa shape index (κ3) is 1.20. The van der Waals surface area contributed by atoms with Crippen LogP contribution in [0.15, 0.2) is 23.0 Å². The molecule has 4 rings (SSSR count). The maximum Gasteiger partial charge on any atom is 0.339 e. The monoisotopic (exact) mass is 276 g/mol. The second-order valence-corrected chi connectivity index (χ2v) is 7.26. The van der Waals surface area contributed by atoms with Gasteiger partial charge in [0.1, 0.15) is 11.7 Å². The lowest BCUT2D eigenvalue weighted by atomic mass is 9.51. The van der Waals surface area contributed by atoms with Gasteiger partial charge < -0.3 is 13.9 Å². The quantitative estimate of drug-likeness (QED) is 0.583. The van der Waals surface area contributed by atoms with E-state index in [1.807, 2.05) is 6.07 Å². The van der Waals surface area contributed by atoms with Crippen molar-refractivity contribution in [3.63, 3.8) is 0 Å². The number of cyclic esters (lactones) is 1. The van der Waals surface area contributed by atoms with Gasteiger partial charge in [0.15, 0.2) is 6.10 Å². The summed E-state index contributed by atoms with van der Waals surface area (Å²) in [6.07, 6.45) is 5.89. The molecule has 4 atom stereocenters. The summed E-state index contributed by atoms with van der Waals surface area (Å²) in [5.41, 5.74) is 0.366. The molecule has 20 heavy (non-hydrogen) atoms. The topological polar surface area (TPSA) is 52.0 Å². The molecule has 1 aromatic heterocycles. The highest BCUT2D eigenvalue weighted by atomic mass is 16.7. The highest BCUT2D eigenvalue weighted by Gasteiger charge is 2.82. The summed E-state index contributed by atoms with van der Waals surface area (Å²) >= 11 is 0. The predicted octanol–water partition coefficient (Wildman–Crippen LogP) is 3.23. The van der Waals surface area contributed by atoms with Crippen LogP contribution >= 0.6 is 0 Å². The smallest absolute Gasteiger partial charge is 0.339 e. The Labute approximate surface area is 118 Å². The molecule has 0 amide bonds. The molecule has 0 aromatic carbocycles.